The maximum Gasteiger partial charge on any atom is 0.295 e. The average molecular weight is 450 g/mol. The van der Waals surface area contributed by atoms with E-state index in [0.29, 0.717) is 22.6 Å². The minimum atomic E-state index is -1.02. The number of amides is 1. The molecule has 0 aliphatic carbocycles. The summed E-state index contributed by atoms with van der Waals surface area (Å²) >= 11 is 0. The molecule has 172 valence electrons. The number of methoxy groups -OCH3 is 1. The summed E-state index contributed by atoms with van der Waals surface area (Å²) in [4.78, 5) is 32.5. The van der Waals surface area contributed by atoms with Gasteiger partial charge in [-0.05, 0) is 18.2 Å². The molecular formula is C25H27N3O5. The lowest BCUT2D eigenvalue weighted by Crippen LogP contribution is -2.36. The average Bonchev–Trinajstić information content (AvgIpc) is 3.40. The summed E-state index contributed by atoms with van der Waals surface area (Å²) in [6.07, 6.45) is 7.71. The number of carbonyl (C=O) groups is 2. The van der Waals surface area contributed by atoms with Crippen LogP contribution in [0.2, 0.25) is 0 Å². The lowest BCUT2D eigenvalue weighted by Gasteiger charge is -2.29. The number of benzene rings is 1. The molecular weight excluding hydrogens is 422 g/mol. The molecule has 0 saturated carbocycles. The number of hydroxylamine groups is 1. The topological polar surface area (TPSA) is 112 Å². The molecule has 8 heteroatoms. The third kappa shape index (κ3) is 4.45. The third-order valence-electron chi connectivity index (χ3n) is 5.25. The molecule has 1 atom stereocenters. The highest BCUT2D eigenvalue weighted by Crippen LogP contribution is 2.43. The molecule has 3 N–H and O–H groups in total. The number of nitrogens with zero attached hydrogens (tertiary/aromatic N) is 1. The van der Waals surface area contributed by atoms with Crippen LogP contribution in [-0.2, 0) is 14.4 Å². The maximum atomic E-state index is 13.3. The van der Waals surface area contributed by atoms with E-state index < -0.39 is 28.9 Å². The molecule has 0 bridgehead atoms. The summed E-state index contributed by atoms with van der Waals surface area (Å²) < 4.78 is 5.46. The van der Waals surface area contributed by atoms with Gasteiger partial charge >= 0.3 is 0 Å². The SMILES string of the molecule is C=CC(C=CC(=N)N1C(=O)C(O)=C(C(=O)C(C)(C)C)C1c1ccccc1OC)=C1C=CON1. The Kier molecular flexibility index (Phi) is 6.57. The van der Waals surface area contributed by atoms with Crippen molar-refractivity contribution >= 4 is 17.5 Å². The van der Waals surface area contributed by atoms with E-state index in [1.54, 1.807) is 63.3 Å². The first-order valence-corrected chi connectivity index (χ1v) is 10.3. The Morgan fingerprint density at radius 1 is 1.30 bits per heavy atom. The first kappa shape index (κ1) is 23.6. The first-order chi connectivity index (χ1) is 15.6. The van der Waals surface area contributed by atoms with Crippen molar-refractivity contribution in [2.24, 2.45) is 5.41 Å². The number of hydrogen-bond donors (Lipinski definition) is 3. The van der Waals surface area contributed by atoms with Crippen LogP contribution in [0, 0.1) is 10.8 Å². The summed E-state index contributed by atoms with van der Waals surface area (Å²) in [7, 11) is 1.48. The van der Waals surface area contributed by atoms with Gasteiger partial charge in [-0.3, -0.25) is 19.9 Å². The van der Waals surface area contributed by atoms with E-state index in [-0.39, 0.29) is 11.4 Å². The summed E-state index contributed by atoms with van der Waals surface area (Å²) in [6.45, 7) is 8.88. The molecule has 1 unspecified atom stereocenters. The number of hydrogen-bond acceptors (Lipinski definition) is 7. The molecule has 2 aliphatic heterocycles. The van der Waals surface area contributed by atoms with Crippen LogP contribution in [-0.4, -0.2) is 34.6 Å². The van der Waals surface area contributed by atoms with Gasteiger partial charge in [-0.1, -0.05) is 51.6 Å². The summed E-state index contributed by atoms with van der Waals surface area (Å²) in [5, 5.41) is 19.4. The molecule has 0 saturated heterocycles. The standard InChI is InChI=1S/C25H27N3O5/c1-6-15(17-13-14-33-27-17)11-12-19(26)28-21(16-9-7-8-10-18(16)32-5)20(22(29)24(28)31)23(30)25(2,3)4/h6-14,21,26-27,29H,1H2,2-5H3. The predicted molar refractivity (Wildman–Crippen MR) is 124 cm³/mol. The molecule has 0 spiro atoms. The largest absolute Gasteiger partial charge is 0.503 e. The fraction of sp³-hybridized carbons (Fsp3) is 0.240. The quantitative estimate of drug-likeness (QED) is 0.447. The predicted octanol–water partition coefficient (Wildman–Crippen LogP) is 4.03. The van der Waals surface area contributed by atoms with Gasteiger partial charge in [-0.2, -0.15) is 0 Å². The highest BCUT2D eigenvalue weighted by Gasteiger charge is 2.48. The fourth-order valence-electron chi connectivity index (χ4n) is 3.58. The molecule has 1 aromatic rings. The first-order valence-electron chi connectivity index (χ1n) is 10.3. The van der Waals surface area contributed by atoms with E-state index in [9.17, 15) is 14.7 Å². The van der Waals surface area contributed by atoms with E-state index in [1.807, 2.05) is 0 Å². The number of aliphatic hydroxyl groups is 1. The molecule has 33 heavy (non-hydrogen) atoms. The Hall–Kier alpha value is -4.07. The van der Waals surface area contributed by atoms with Crippen LogP contribution in [0.25, 0.3) is 0 Å². The number of amidine groups is 1. The maximum absolute atomic E-state index is 13.3. The Bertz CT molecular complexity index is 1130. The summed E-state index contributed by atoms with van der Waals surface area (Å²) in [5.74, 6) is -1.68. The second kappa shape index (κ2) is 9.20. The van der Waals surface area contributed by atoms with Crippen LogP contribution in [0.3, 0.4) is 0 Å². The van der Waals surface area contributed by atoms with Gasteiger partial charge in [0, 0.05) is 22.6 Å². The van der Waals surface area contributed by atoms with Crippen molar-refractivity contribution in [3.05, 3.63) is 89.6 Å². The van der Waals surface area contributed by atoms with Crippen LogP contribution in [0.1, 0.15) is 32.4 Å². The van der Waals surface area contributed by atoms with Crippen molar-refractivity contribution in [3.8, 4) is 5.75 Å². The Balaban J connectivity index is 2.11. The zero-order chi connectivity index (χ0) is 24.3. The highest BCUT2D eigenvalue weighted by molar-refractivity contribution is 6.17. The molecule has 8 nitrogen and oxygen atoms in total. The zero-order valence-electron chi connectivity index (χ0n) is 19.0. The lowest BCUT2D eigenvalue weighted by atomic mass is 9.82. The number of para-hydroxylation sites is 1. The van der Waals surface area contributed by atoms with Crippen molar-refractivity contribution in [1.82, 2.24) is 10.4 Å². The number of allylic oxidation sites excluding steroid dienone is 4. The lowest BCUT2D eigenvalue weighted by molar-refractivity contribution is -0.125. The molecule has 1 amide bonds. The molecule has 0 fully saturated rings. The minimum absolute atomic E-state index is 0.0637. The van der Waals surface area contributed by atoms with Crippen molar-refractivity contribution in [2.75, 3.05) is 7.11 Å². The molecule has 2 heterocycles. The van der Waals surface area contributed by atoms with Gasteiger partial charge in [0.2, 0.25) is 0 Å². The summed E-state index contributed by atoms with van der Waals surface area (Å²) in [6, 6.07) is 5.88. The van der Waals surface area contributed by atoms with Gasteiger partial charge in [0.15, 0.2) is 11.5 Å². The number of ketones is 1. The van der Waals surface area contributed by atoms with E-state index >= 15 is 0 Å². The van der Waals surface area contributed by atoms with Crippen LogP contribution in [0.5, 0.6) is 5.75 Å². The molecule has 0 radical (unpaired) electrons. The molecule has 1 aromatic carbocycles. The van der Waals surface area contributed by atoms with Gasteiger partial charge in [-0.15, -0.1) is 0 Å². The van der Waals surface area contributed by atoms with Crippen molar-refractivity contribution < 1.29 is 24.3 Å². The summed E-state index contributed by atoms with van der Waals surface area (Å²) in [5.41, 5.74) is 3.50. The van der Waals surface area contributed by atoms with E-state index in [4.69, 9.17) is 15.0 Å². The van der Waals surface area contributed by atoms with E-state index in [0.717, 1.165) is 4.90 Å². The van der Waals surface area contributed by atoms with Crippen molar-refractivity contribution in [1.29, 1.82) is 5.41 Å². The molecule has 3 rings (SSSR count). The normalized spacial score (nSPS) is 19.6. The van der Waals surface area contributed by atoms with Gasteiger partial charge in [0.1, 0.15) is 23.9 Å². The minimum Gasteiger partial charge on any atom is -0.503 e. The Morgan fingerprint density at radius 3 is 2.58 bits per heavy atom. The van der Waals surface area contributed by atoms with E-state index in [1.165, 1.54) is 19.4 Å². The van der Waals surface area contributed by atoms with Gasteiger partial charge in [0.25, 0.3) is 5.91 Å². The Labute approximate surface area is 192 Å². The number of aliphatic hydroxyl groups excluding tert-OH is 1. The highest BCUT2D eigenvalue weighted by atomic mass is 16.6. The molecule has 0 aromatic heterocycles. The number of nitrogens with one attached hydrogen (secondary N) is 2. The van der Waals surface area contributed by atoms with E-state index in [2.05, 4.69) is 12.1 Å². The van der Waals surface area contributed by atoms with Crippen LogP contribution >= 0.6 is 0 Å². The third-order valence-corrected chi connectivity index (χ3v) is 5.25. The fourth-order valence-corrected chi connectivity index (χ4v) is 3.58. The zero-order valence-corrected chi connectivity index (χ0v) is 19.0. The second-order valence-corrected chi connectivity index (χ2v) is 8.48. The van der Waals surface area contributed by atoms with Gasteiger partial charge in [-0.25, -0.2) is 5.48 Å². The Morgan fingerprint density at radius 2 is 2.00 bits per heavy atom. The number of ether oxygens (including phenoxy) is 1. The van der Waals surface area contributed by atoms with Crippen LogP contribution < -0.4 is 10.2 Å². The van der Waals surface area contributed by atoms with Crippen LogP contribution in [0.4, 0.5) is 0 Å². The van der Waals surface area contributed by atoms with Gasteiger partial charge < -0.3 is 14.7 Å². The monoisotopic (exact) mass is 449 g/mol. The van der Waals surface area contributed by atoms with Crippen molar-refractivity contribution in [2.45, 2.75) is 26.8 Å². The molecule has 2 aliphatic rings. The van der Waals surface area contributed by atoms with Crippen LogP contribution in [0.15, 0.2) is 84.0 Å². The van der Waals surface area contributed by atoms with Crippen molar-refractivity contribution in [3.63, 3.8) is 0 Å². The number of rotatable bonds is 6. The smallest absolute Gasteiger partial charge is 0.295 e. The van der Waals surface area contributed by atoms with Gasteiger partial charge in [0.05, 0.1) is 18.4 Å². The number of carbonyl (C=O) groups excluding carboxylic acids is 2. The number of Topliss-reactive ketones (excluding diaryl/α,β-unsaturated/α-hetero) is 1. The second-order valence-electron chi connectivity index (χ2n) is 8.48.